The van der Waals surface area contributed by atoms with Crippen LogP contribution in [0.5, 0.6) is 0 Å². The number of hydrogen-bond donors (Lipinski definition) is 3. The maximum Gasteiger partial charge on any atom is 0.511 e. The number of guanidine groups is 1. The molecule has 0 aliphatic carbocycles. The van der Waals surface area contributed by atoms with Crippen LogP contribution in [-0.2, 0) is 15.6 Å². The van der Waals surface area contributed by atoms with E-state index in [1.165, 1.54) is 6.26 Å². The third kappa shape index (κ3) is 6.99. The van der Waals surface area contributed by atoms with Crippen LogP contribution in [-0.4, -0.2) is 62.0 Å². The molecule has 1 aromatic heterocycles. The summed E-state index contributed by atoms with van der Waals surface area (Å²) in [7, 11) is -5.27. The van der Waals surface area contributed by atoms with E-state index in [-0.39, 0.29) is 49.5 Å². The highest BCUT2D eigenvalue weighted by Crippen LogP contribution is 2.30. The fraction of sp³-hybridized carbons (Fsp3) is 0.706. The molecule has 1 saturated heterocycles. The van der Waals surface area contributed by atoms with Gasteiger partial charge in [-0.15, -0.1) is 24.0 Å². The van der Waals surface area contributed by atoms with E-state index in [4.69, 9.17) is 4.42 Å². The third-order valence-corrected chi connectivity index (χ3v) is 6.34. The molecule has 0 saturated carbocycles. The largest absolute Gasteiger partial charge is 0.511 e. The summed E-state index contributed by atoms with van der Waals surface area (Å²) in [5.41, 5.74) is -6.56. The van der Waals surface area contributed by atoms with Crippen LogP contribution in [0.25, 0.3) is 0 Å². The minimum absolute atomic E-state index is 0. The molecule has 0 spiro atoms. The highest BCUT2D eigenvalue weighted by molar-refractivity contribution is 14.0. The lowest BCUT2D eigenvalue weighted by Crippen LogP contribution is -2.47. The first-order valence-electron chi connectivity index (χ1n) is 9.32. The molecule has 8 nitrogen and oxygen atoms in total. The van der Waals surface area contributed by atoms with Crippen LogP contribution in [0.1, 0.15) is 32.4 Å². The molecule has 1 aromatic rings. The van der Waals surface area contributed by atoms with Gasteiger partial charge in [0.1, 0.15) is 11.4 Å². The molecular weight excluding hydrogens is 540 g/mol. The van der Waals surface area contributed by atoms with Gasteiger partial charge in [-0.25, -0.2) is 13.4 Å². The molecule has 3 N–H and O–H groups in total. The predicted molar refractivity (Wildman–Crippen MR) is 117 cm³/mol. The number of halogens is 4. The van der Waals surface area contributed by atoms with Gasteiger partial charge >= 0.3 is 15.5 Å². The van der Waals surface area contributed by atoms with Crippen LogP contribution in [0, 0.1) is 5.92 Å². The summed E-state index contributed by atoms with van der Waals surface area (Å²) in [6, 6.07) is 3.32. The van der Waals surface area contributed by atoms with Crippen LogP contribution in [0.3, 0.4) is 0 Å². The Morgan fingerprint density at radius 1 is 1.33 bits per heavy atom. The molecule has 1 aliphatic rings. The molecule has 0 amide bonds. The highest BCUT2D eigenvalue weighted by Gasteiger charge is 2.50. The Hall–Kier alpha value is -1.06. The minimum atomic E-state index is -5.27. The zero-order valence-electron chi connectivity index (χ0n) is 16.8. The first-order chi connectivity index (χ1) is 13.5. The molecule has 1 fully saturated rings. The van der Waals surface area contributed by atoms with Crippen molar-refractivity contribution in [2.75, 3.05) is 32.7 Å². The minimum Gasteiger partial charge on any atom is -0.466 e. The summed E-state index contributed by atoms with van der Waals surface area (Å²) in [5.74, 6) is 0.837. The Kier molecular flexibility index (Phi) is 9.89. The SMILES string of the molecule is CCNC(=NCC(C)(O)c1ccco1)NCC1CCN(S(=O)(=O)C(F)(F)F)CC1.I. The maximum absolute atomic E-state index is 12.6. The average molecular weight is 568 g/mol. The lowest BCUT2D eigenvalue weighted by molar-refractivity contribution is -0.0496. The molecule has 174 valence electrons. The Balaban J connectivity index is 0.00000450. The lowest BCUT2D eigenvalue weighted by atomic mass is 9.98. The average Bonchev–Trinajstić information content (AvgIpc) is 3.19. The van der Waals surface area contributed by atoms with Crippen molar-refractivity contribution in [2.24, 2.45) is 10.9 Å². The summed E-state index contributed by atoms with van der Waals surface area (Å²) >= 11 is 0. The molecule has 2 rings (SSSR count). The van der Waals surface area contributed by atoms with Gasteiger partial charge in [0.25, 0.3) is 0 Å². The molecule has 1 atom stereocenters. The van der Waals surface area contributed by atoms with E-state index in [1.54, 1.807) is 19.1 Å². The van der Waals surface area contributed by atoms with E-state index in [2.05, 4.69) is 15.6 Å². The van der Waals surface area contributed by atoms with Gasteiger partial charge in [-0.3, -0.25) is 0 Å². The van der Waals surface area contributed by atoms with Gasteiger partial charge in [0.15, 0.2) is 5.96 Å². The number of rotatable bonds is 7. The van der Waals surface area contributed by atoms with Crippen molar-refractivity contribution in [2.45, 2.75) is 37.8 Å². The second-order valence-corrected chi connectivity index (χ2v) is 9.05. The number of nitrogens with one attached hydrogen (secondary N) is 2. The van der Waals surface area contributed by atoms with Crippen LogP contribution in [0.4, 0.5) is 13.2 Å². The highest BCUT2D eigenvalue weighted by atomic mass is 127. The maximum atomic E-state index is 12.6. The van der Waals surface area contributed by atoms with Gasteiger partial charge in [-0.1, -0.05) is 0 Å². The van der Waals surface area contributed by atoms with Crippen LogP contribution in [0.15, 0.2) is 27.8 Å². The summed E-state index contributed by atoms with van der Waals surface area (Å²) in [4.78, 5) is 4.34. The predicted octanol–water partition coefficient (Wildman–Crippen LogP) is 2.22. The Morgan fingerprint density at radius 2 is 1.97 bits per heavy atom. The van der Waals surface area contributed by atoms with Crippen molar-refractivity contribution >= 4 is 40.0 Å². The monoisotopic (exact) mass is 568 g/mol. The van der Waals surface area contributed by atoms with Gasteiger partial charge in [0.2, 0.25) is 0 Å². The van der Waals surface area contributed by atoms with Gasteiger partial charge in [-0.2, -0.15) is 17.5 Å². The van der Waals surface area contributed by atoms with Crippen molar-refractivity contribution in [3.05, 3.63) is 24.2 Å². The fourth-order valence-electron chi connectivity index (χ4n) is 2.98. The molecule has 0 bridgehead atoms. The van der Waals surface area contributed by atoms with Crippen molar-refractivity contribution < 1.29 is 31.1 Å². The molecule has 13 heteroatoms. The number of nitrogens with zero attached hydrogens (tertiary/aromatic N) is 2. The number of alkyl halides is 3. The quantitative estimate of drug-likeness (QED) is 0.265. The lowest BCUT2D eigenvalue weighted by Gasteiger charge is -2.31. The van der Waals surface area contributed by atoms with Gasteiger partial charge in [0, 0.05) is 26.2 Å². The number of sulfonamides is 1. The zero-order chi connectivity index (χ0) is 21.7. The van der Waals surface area contributed by atoms with E-state index in [0.29, 0.717) is 42.0 Å². The first-order valence-corrected chi connectivity index (χ1v) is 10.8. The van der Waals surface area contributed by atoms with E-state index >= 15 is 0 Å². The van der Waals surface area contributed by atoms with Crippen LogP contribution in [0.2, 0.25) is 0 Å². The van der Waals surface area contributed by atoms with E-state index in [9.17, 15) is 26.7 Å². The van der Waals surface area contributed by atoms with Crippen molar-refractivity contribution in [1.29, 1.82) is 0 Å². The van der Waals surface area contributed by atoms with Crippen LogP contribution >= 0.6 is 24.0 Å². The molecule has 30 heavy (non-hydrogen) atoms. The number of furan rings is 1. The Morgan fingerprint density at radius 3 is 2.47 bits per heavy atom. The van der Waals surface area contributed by atoms with E-state index < -0.39 is 21.1 Å². The zero-order valence-corrected chi connectivity index (χ0v) is 19.9. The topological polar surface area (TPSA) is 107 Å². The fourth-order valence-corrected chi connectivity index (χ4v) is 3.96. The summed E-state index contributed by atoms with van der Waals surface area (Å²) in [5, 5.41) is 16.6. The number of aliphatic hydroxyl groups is 1. The summed E-state index contributed by atoms with van der Waals surface area (Å²) in [6.45, 7) is 4.16. The van der Waals surface area contributed by atoms with E-state index in [1.807, 2.05) is 6.92 Å². The molecule has 1 unspecified atom stereocenters. The number of aliphatic imine (C=N–C) groups is 1. The molecular formula is C17H28F3IN4O4S. The van der Waals surface area contributed by atoms with Gasteiger partial charge < -0.3 is 20.2 Å². The normalized spacial score (nSPS) is 19.1. The molecule has 1 aliphatic heterocycles. The Bertz CT molecular complexity index is 777. The third-order valence-electron chi connectivity index (χ3n) is 4.71. The number of piperidine rings is 1. The molecule has 0 aromatic carbocycles. The van der Waals surface area contributed by atoms with Crippen LogP contribution < -0.4 is 10.6 Å². The van der Waals surface area contributed by atoms with E-state index in [0.717, 1.165) is 0 Å². The Labute approximate surface area is 191 Å². The second-order valence-electron chi connectivity index (χ2n) is 7.12. The molecule has 0 radical (unpaired) electrons. The van der Waals surface area contributed by atoms with Gasteiger partial charge in [0.05, 0.1) is 12.8 Å². The van der Waals surface area contributed by atoms with Gasteiger partial charge in [-0.05, 0) is 44.7 Å². The smallest absolute Gasteiger partial charge is 0.466 e. The number of hydrogen-bond acceptors (Lipinski definition) is 5. The second kappa shape index (κ2) is 11.0. The van der Waals surface area contributed by atoms with Crippen molar-refractivity contribution in [3.8, 4) is 0 Å². The van der Waals surface area contributed by atoms with Crippen molar-refractivity contribution in [3.63, 3.8) is 0 Å². The molecule has 2 heterocycles. The standard InChI is InChI=1S/C17H27F3N4O4S.HI/c1-3-21-15(23-12-16(2,25)14-5-4-10-28-14)22-11-13-6-8-24(9-7-13)29(26,27)17(18,19)20;/h4-5,10,13,25H,3,6-9,11-12H2,1-2H3,(H2,21,22,23);1H. The first kappa shape index (κ1) is 27.0. The summed E-state index contributed by atoms with van der Waals surface area (Å²) in [6.07, 6.45) is 2.08. The summed E-state index contributed by atoms with van der Waals surface area (Å²) < 4.78 is 66.6. The van der Waals surface area contributed by atoms with Crippen molar-refractivity contribution in [1.82, 2.24) is 14.9 Å².